The summed E-state index contributed by atoms with van der Waals surface area (Å²) < 4.78 is 0. The Morgan fingerprint density at radius 2 is 2.00 bits per heavy atom. The van der Waals surface area contributed by atoms with Gasteiger partial charge in [0.2, 0.25) is 0 Å². The number of hydrogen-bond donors (Lipinski definition) is 2. The van der Waals surface area contributed by atoms with E-state index in [-0.39, 0.29) is 5.91 Å². The topological polar surface area (TPSA) is 58.4 Å². The van der Waals surface area contributed by atoms with Gasteiger partial charge in [-0.2, -0.15) is 0 Å². The van der Waals surface area contributed by atoms with Crippen molar-refractivity contribution in [2.45, 2.75) is 24.3 Å². The molecule has 1 aromatic carbocycles. The minimum absolute atomic E-state index is 0.160. The number of rotatable bonds is 6. The summed E-state index contributed by atoms with van der Waals surface area (Å²) in [5.41, 5.74) is 9.59. The van der Waals surface area contributed by atoms with E-state index in [1.54, 1.807) is 30.9 Å². The fraction of sp³-hybridized carbons (Fsp3) is 0.462. The van der Waals surface area contributed by atoms with Crippen LogP contribution in [0.5, 0.6) is 0 Å². The molecule has 0 saturated heterocycles. The van der Waals surface area contributed by atoms with Gasteiger partial charge in [-0.3, -0.25) is 10.2 Å². The number of hydrazine groups is 1. The second-order valence-electron chi connectivity index (χ2n) is 4.26. The molecular weight excluding hydrogens is 246 g/mol. The standard InChI is InChI=1S/C13H21N3OS/c1-4-18-11-7-5-10(6-8-11)9-12(14)13(17)15-16(2)3/h5-8,12H,4,9,14H2,1-3H3,(H,15,17). The fourth-order valence-electron chi connectivity index (χ4n) is 1.54. The first-order chi connectivity index (χ1) is 8.52. The largest absolute Gasteiger partial charge is 0.320 e. The predicted octanol–water partition coefficient (Wildman–Crippen LogP) is 1.26. The van der Waals surface area contributed by atoms with Gasteiger partial charge in [0.15, 0.2) is 0 Å². The number of carbonyl (C=O) groups excluding carboxylic acids is 1. The van der Waals surface area contributed by atoms with E-state index in [2.05, 4.69) is 24.5 Å². The third-order valence-corrected chi connectivity index (χ3v) is 3.25. The molecule has 0 aliphatic rings. The molecule has 0 spiro atoms. The zero-order valence-corrected chi connectivity index (χ0v) is 12.0. The number of nitrogens with one attached hydrogen (secondary N) is 1. The van der Waals surface area contributed by atoms with Crippen molar-refractivity contribution in [1.29, 1.82) is 0 Å². The van der Waals surface area contributed by atoms with E-state index >= 15 is 0 Å². The van der Waals surface area contributed by atoms with Gasteiger partial charge in [0, 0.05) is 19.0 Å². The Labute approximate surface area is 113 Å². The molecule has 0 fully saturated rings. The number of thioether (sulfide) groups is 1. The Morgan fingerprint density at radius 1 is 1.39 bits per heavy atom. The van der Waals surface area contributed by atoms with Gasteiger partial charge in [0.25, 0.3) is 5.91 Å². The van der Waals surface area contributed by atoms with E-state index < -0.39 is 6.04 Å². The summed E-state index contributed by atoms with van der Waals surface area (Å²) >= 11 is 1.80. The molecule has 1 rings (SSSR count). The van der Waals surface area contributed by atoms with Crippen LogP contribution in [0.25, 0.3) is 0 Å². The van der Waals surface area contributed by atoms with Crippen LogP contribution < -0.4 is 11.2 Å². The van der Waals surface area contributed by atoms with Gasteiger partial charge >= 0.3 is 0 Å². The van der Waals surface area contributed by atoms with E-state index in [9.17, 15) is 4.79 Å². The minimum atomic E-state index is -0.517. The van der Waals surface area contributed by atoms with Crippen LogP contribution in [-0.4, -0.2) is 36.8 Å². The molecule has 3 N–H and O–H groups in total. The summed E-state index contributed by atoms with van der Waals surface area (Å²) in [4.78, 5) is 12.9. The first-order valence-electron chi connectivity index (χ1n) is 5.98. The SMILES string of the molecule is CCSc1ccc(CC(N)C(=O)NN(C)C)cc1. The summed E-state index contributed by atoms with van der Waals surface area (Å²) in [6.45, 7) is 2.13. The number of nitrogens with zero attached hydrogens (tertiary/aromatic N) is 1. The highest BCUT2D eigenvalue weighted by atomic mass is 32.2. The maximum atomic E-state index is 11.6. The van der Waals surface area contributed by atoms with Crippen molar-refractivity contribution in [2.75, 3.05) is 19.8 Å². The molecule has 0 bridgehead atoms. The first-order valence-corrected chi connectivity index (χ1v) is 6.96. The van der Waals surface area contributed by atoms with Crippen molar-refractivity contribution >= 4 is 17.7 Å². The summed E-state index contributed by atoms with van der Waals surface area (Å²) in [6.07, 6.45) is 0.552. The van der Waals surface area contributed by atoms with Crippen molar-refractivity contribution in [2.24, 2.45) is 5.73 Å². The van der Waals surface area contributed by atoms with Gasteiger partial charge in [-0.25, -0.2) is 5.01 Å². The van der Waals surface area contributed by atoms with Gasteiger partial charge < -0.3 is 5.73 Å². The van der Waals surface area contributed by atoms with Crippen LogP contribution in [0.3, 0.4) is 0 Å². The number of carbonyl (C=O) groups is 1. The van der Waals surface area contributed by atoms with Crippen molar-refractivity contribution in [3.8, 4) is 0 Å². The molecule has 1 unspecified atom stereocenters. The predicted molar refractivity (Wildman–Crippen MR) is 76.3 cm³/mol. The van der Waals surface area contributed by atoms with Crippen molar-refractivity contribution < 1.29 is 4.79 Å². The summed E-state index contributed by atoms with van der Waals surface area (Å²) in [5, 5.41) is 1.60. The average molecular weight is 267 g/mol. The Hall–Kier alpha value is -1.04. The quantitative estimate of drug-likeness (QED) is 0.602. The Morgan fingerprint density at radius 3 is 2.50 bits per heavy atom. The molecule has 0 radical (unpaired) electrons. The first kappa shape index (κ1) is 15.0. The van der Waals surface area contributed by atoms with Crippen LogP contribution in [-0.2, 0) is 11.2 Å². The molecule has 4 nitrogen and oxygen atoms in total. The average Bonchev–Trinajstić information content (AvgIpc) is 2.31. The van der Waals surface area contributed by atoms with E-state index in [1.165, 1.54) is 4.90 Å². The molecule has 0 saturated carbocycles. The molecule has 1 atom stereocenters. The molecule has 1 amide bonds. The van der Waals surface area contributed by atoms with Gasteiger partial charge in [-0.1, -0.05) is 19.1 Å². The van der Waals surface area contributed by atoms with Gasteiger partial charge in [0.05, 0.1) is 6.04 Å². The van der Waals surface area contributed by atoms with Crippen LogP contribution in [0.1, 0.15) is 12.5 Å². The number of amides is 1. The molecule has 0 aliphatic heterocycles. The second-order valence-corrected chi connectivity index (χ2v) is 5.60. The molecule has 5 heteroatoms. The monoisotopic (exact) mass is 267 g/mol. The molecule has 0 aromatic heterocycles. The third kappa shape index (κ3) is 5.08. The normalized spacial score (nSPS) is 12.5. The van der Waals surface area contributed by atoms with Crippen molar-refractivity contribution in [3.63, 3.8) is 0 Å². The maximum absolute atomic E-state index is 11.6. The molecule has 0 heterocycles. The Balaban J connectivity index is 2.53. The van der Waals surface area contributed by atoms with E-state index in [0.29, 0.717) is 6.42 Å². The molecular formula is C13H21N3OS. The lowest BCUT2D eigenvalue weighted by molar-refractivity contribution is -0.126. The summed E-state index contributed by atoms with van der Waals surface area (Å²) in [6, 6.07) is 7.68. The number of hydrogen-bond acceptors (Lipinski definition) is 4. The highest BCUT2D eigenvalue weighted by Gasteiger charge is 2.14. The highest BCUT2D eigenvalue weighted by molar-refractivity contribution is 7.99. The zero-order valence-electron chi connectivity index (χ0n) is 11.1. The minimum Gasteiger partial charge on any atom is -0.320 e. The second kappa shape index (κ2) is 7.41. The van der Waals surface area contributed by atoms with E-state index in [4.69, 9.17) is 5.73 Å². The molecule has 0 aliphatic carbocycles. The fourth-order valence-corrected chi connectivity index (χ4v) is 2.20. The molecule has 1 aromatic rings. The van der Waals surface area contributed by atoms with Crippen LogP contribution in [0.15, 0.2) is 29.2 Å². The molecule has 100 valence electrons. The van der Waals surface area contributed by atoms with Crippen LogP contribution >= 0.6 is 11.8 Å². The lowest BCUT2D eigenvalue weighted by atomic mass is 10.1. The molecule has 18 heavy (non-hydrogen) atoms. The van der Waals surface area contributed by atoms with Crippen LogP contribution in [0.4, 0.5) is 0 Å². The maximum Gasteiger partial charge on any atom is 0.251 e. The van der Waals surface area contributed by atoms with Crippen LogP contribution in [0, 0.1) is 0 Å². The summed E-state index contributed by atoms with van der Waals surface area (Å²) in [7, 11) is 3.53. The zero-order chi connectivity index (χ0) is 13.5. The Bertz CT molecular complexity index is 378. The highest BCUT2D eigenvalue weighted by Crippen LogP contribution is 2.18. The van der Waals surface area contributed by atoms with E-state index in [0.717, 1.165) is 11.3 Å². The van der Waals surface area contributed by atoms with Gasteiger partial charge in [-0.15, -0.1) is 11.8 Å². The van der Waals surface area contributed by atoms with Crippen molar-refractivity contribution in [3.05, 3.63) is 29.8 Å². The third-order valence-electron chi connectivity index (χ3n) is 2.36. The number of benzene rings is 1. The lowest BCUT2D eigenvalue weighted by Crippen LogP contribution is -2.47. The lowest BCUT2D eigenvalue weighted by Gasteiger charge is -2.16. The van der Waals surface area contributed by atoms with Crippen molar-refractivity contribution in [1.82, 2.24) is 10.4 Å². The van der Waals surface area contributed by atoms with Gasteiger partial charge in [0.1, 0.15) is 0 Å². The van der Waals surface area contributed by atoms with Crippen LogP contribution in [0.2, 0.25) is 0 Å². The smallest absolute Gasteiger partial charge is 0.251 e. The Kier molecular flexibility index (Phi) is 6.18. The van der Waals surface area contributed by atoms with Gasteiger partial charge in [-0.05, 0) is 29.9 Å². The summed E-state index contributed by atoms with van der Waals surface area (Å²) in [5.74, 6) is 0.899. The van der Waals surface area contributed by atoms with E-state index in [1.807, 2.05) is 12.1 Å². The number of nitrogens with two attached hydrogens (primary N) is 1.